The van der Waals surface area contributed by atoms with E-state index in [0.29, 0.717) is 11.0 Å². The van der Waals surface area contributed by atoms with Crippen molar-refractivity contribution in [1.82, 2.24) is 0 Å². The molecular weight excluding hydrogens is 272 g/mol. The second kappa shape index (κ2) is 6.62. The number of aryl methyl sites for hydroxylation is 1. The third-order valence-corrected chi connectivity index (χ3v) is 5.16. The molecule has 2 unspecified atom stereocenters. The molecule has 1 aromatic rings. The van der Waals surface area contributed by atoms with E-state index in [-0.39, 0.29) is 0 Å². The molecule has 0 radical (unpaired) electrons. The number of rotatable bonds is 4. The number of nitrogens with two attached hydrogens (primary N) is 1. The Bertz CT molecular complexity index is 459. The highest BCUT2D eigenvalue weighted by Gasteiger charge is 2.22. The summed E-state index contributed by atoms with van der Waals surface area (Å²) in [6.07, 6.45) is 7.32. The zero-order chi connectivity index (χ0) is 13.8. The molecule has 1 aliphatic rings. The quantitative estimate of drug-likeness (QED) is 0.830. The van der Waals surface area contributed by atoms with Crippen molar-refractivity contribution in [3.8, 4) is 0 Å². The summed E-state index contributed by atoms with van der Waals surface area (Å²) in [6, 6.07) is 6.67. The van der Waals surface area contributed by atoms with Crippen LogP contribution in [0.3, 0.4) is 0 Å². The van der Waals surface area contributed by atoms with Crippen molar-refractivity contribution < 1.29 is 0 Å². The van der Waals surface area contributed by atoms with Crippen molar-refractivity contribution in [3.05, 3.63) is 29.3 Å². The van der Waals surface area contributed by atoms with Crippen molar-refractivity contribution in [2.24, 2.45) is 5.73 Å². The van der Waals surface area contributed by atoms with Crippen LogP contribution >= 0.6 is 24.0 Å². The van der Waals surface area contributed by atoms with Crippen LogP contribution in [0.4, 0.5) is 5.69 Å². The number of nitrogens with one attached hydrogen (secondary N) is 1. The number of para-hydroxylation sites is 1. The molecule has 0 amide bonds. The Morgan fingerprint density at radius 1 is 1.42 bits per heavy atom. The Kier molecular flexibility index (Phi) is 5.11. The van der Waals surface area contributed by atoms with Gasteiger partial charge in [-0.2, -0.15) is 11.8 Å². The van der Waals surface area contributed by atoms with Gasteiger partial charge in [0.15, 0.2) is 0 Å². The van der Waals surface area contributed by atoms with Crippen LogP contribution < -0.4 is 11.1 Å². The second-order valence-corrected chi connectivity index (χ2v) is 6.81. The summed E-state index contributed by atoms with van der Waals surface area (Å²) in [4.78, 5) is 0.475. The van der Waals surface area contributed by atoms with Crippen molar-refractivity contribution in [3.63, 3.8) is 0 Å². The minimum Gasteiger partial charge on any atom is -0.389 e. The summed E-state index contributed by atoms with van der Waals surface area (Å²) in [5, 5.41) is 4.46. The van der Waals surface area contributed by atoms with Crippen LogP contribution in [0, 0.1) is 6.92 Å². The van der Waals surface area contributed by atoms with Crippen molar-refractivity contribution in [1.29, 1.82) is 0 Å². The van der Waals surface area contributed by atoms with Crippen LogP contribution in [0.5, 0.6) is 0 Å². The number of benzene rings is 1. The number of hydrogen-bond donors (Lipinski definition) is 2. The highest BCUT2D eigenvalue weighted by atomic mass is 32.2. The van der Waals surface area contributed by atoms with Crippen LogP contribution in [0.25, 0.3) is 0 Å². The first-order valence-electron chi connectivity index (χ1n) is 6.80. The maximum atomic E-state index is 5.83. The summed E-state index contributed by atoms with van der Waals surface area (Å²) in [5.41, 5.74) is 9.15. The second-order valence-electron chi connectivity index (χ2n) is 5.23. The Balaban J connectivity index is 2.16. The first kappa shape index (κ1) is 14.7. The minimum absolute atomic E-state index is 0.475. The van der Waals surface area contributed by atoms with Crippen LogP contribution in [-0.4, -0.2) is 22.5 Å². The molecule has 0 aromatic heterocycles. The third-order valence-electron chi connectivity index (χ3n) is 3.85. The molecule has 19 heavy (non-hydrogen) atoms. The third kappa shape index (κ3) is 3.63. The SMILES string of the molecule is CSC1CCCC(Nc2c(C)cccc2C(N)=S)C1. The molecular formula is C15H22N2S2. The van der Waals surface area contributed by atoms with Gasteiger partial charge in [-0.3, -0.25) is 0 Å². The van der Waals surface area contributed by atoms with Crippen molar-refractivity contribution in [2.75, 3.05) is 11.6 Å². The molecule has 4 heteroatoms. The zero-order valence-corrected chi connectivity index (χ0v) is 13.2. The molecule has 2 rings (SSSR count). The topological polar surface area (TPSA) is 38.0 Å². The first-order valence-corrected chi connectivity index (χ1v) is 8.50. The summed E-state index contributed by atoms with van der Waals surface area (Å²) in [5.74, 6) is 0. The van der Waals surface area contributed by atoms with E-state index in [4.69, 9.17) is 18.0 Å². The highest BCUT2D eigenvalue weighted by Crippen LogP contribution is 2.30. The average Bonchev–Trinajstić information content (AvgIpc) is 2.41. The number of thioether (sulfide) groups is 1. The first-order chi connectivity index (χ1) is 9.11. The van der Waals surface area contributed by atoms with E-state index in [1.54, 1.807) is 0 Å². The fourth-order valence-corrected chi connectivity index (χ4v) is 3.76. The lowest BCUT2D eigenvalue weighted by atomic mass is 9.94. The van der Waals surface area contributed by atoms with Crippen LogP contribution in [0.15, 0.2) is 18.2 Å². The fraction of sp³-hybridized carbons (Fsp3) is 0.533. The monoisotopic (exact) mass is 294 g/mol. The summed E-state index contributed by atoms with van der Waals surface area (Å²) >= 11 is 7.14. The van der Waals surface area contributed by atoms with Gasteiger partial charge in [0.2, 0.25) is 0 Å². The van der Waals surface area contributed by atoms with Gasteiger partial charge in [0.25, 0.3) is 0 Å². The van der Waals surface area contributed by atoms with Gasteiger partial charge in [-0.1, -0.05) is 30.8 Å². The van der Waals surface area contributed by atoms with Crippen LogP contribution in [0.1, 0.15) is 36.8 Å². The fourth-order valence-electron chi connectivity index (χ4n) is 2.76. The molecule has 0 spiro atoms. The van der Waals surface area contributed by atoms with Crippen LogP contribution in [-0.2, 0) is 0 Å². The Morgan fingerprint density at radius 3 is 2.89 bits per heavy atom. The smallest absolute Gasteiger partial charge is 0.106 e. The van der Waals surface area contributed by atoms with Gasteiger partial charge in [0.05, 0.1) is 0 Å². The highest BCUT2D eigenvalue weighted by molar-refractivity contribution is 7.99. The Labute approximate surface area is 125 Å². The van der Waals surface area contributed by atoms with Gasteiger partial charge in [-0.25, -0.2) is 0 Å². The van der Waals surface area contributed by atoms with Crippen molar-refractivity contribution >= 4 is 34.7 Å². The maximum absolute atomic E-state index is 5.83. The van der Waals surface area contributed by atoms with Gasteiger partial charge >= 0.3 is 0 Å². The molecule has 3 N–H and O–H groups in total. The van der Waals surface area contributed by atoms with E-state index in [2.05, 4.69) is 24.6 Å². The van der Waals surface area contributed by atoms with E-state index in [1.165, 1.54) is 31.2 Å². The lowest BCUT2D eigenvalue weighted by Crippen LogP contribution is -2.30. The number of anilines is 1. The normalized spacial score (nSPS) is 23.1. The molecule has 1 aromatic carbocycles. The minimum atomic E-state index is 0.475. The largest absolute Gasteiger partial charge is 0.389 e. The van der Waals surface area contributed by atoms with Gasteiger partial charge in [-0.05, 0) is 44.1 Å². The maximum Gasteiger partial charge on any atom is 0.106 e. The molecule has 0 aliphatic heterocycles. The van der Waals surface area contributed by atoms with E-state index in [0.717, 1.165) is 16.5 Å². The summed E-state index contributed by atoms with van der Waals surface area (Å²) in [6.45, 7) is 2.11. The van der Waals surface area contributed by atoms with Gasteiger partial charge in [0.1, 0.15) is 4.99 Å². The summed E-state index contributed by atoms with van der Waals surface area (Å²) < 4.78 is 0. The Hall–Kier alpha value is -0.740. The summed E-state index contributed by atoms with van der Waals surface area (Å²) in [7, 11) is 0. The van der Waals surface area contributed by atoms with Crippen molar-refractivity contribution in [2.45, 2.75) is 43.9 Å². The zero-order valence-electron chi connectivity index (χ0n) is 11.6. The molecule has 2 atom stereocenters. The molecule has 1 saturated carbocycles. The Morgan fingerprint density at radius 2 is 2.21 bits per heavy atom. The van der Waals surface area contributed by atoms with Crippen LogP contribution in [0.2, 0.25) is 0 Å². The molecule has 2 nitrogen and oxygen atoms in total. The predicted molar refractivity (Wildman–Crippen MR) is 90.2 cm³/mol. The molecule has 1 aliphatic carbocycles. The molecule has 0 bridgehead atoms. The van der Waals surface area contributed by atoms with Gasteiger partial charge in [-0.15, -0.1) is 0 Å². The number of thiocarbonyl (C=S) groups is 1. The molecule has 0 heterocycles. The molecule has 1 fully saturated rings. The molecule has 104 valence electrons. The van der Waals surface area contributed by atoms with E-state index >= 15 is 0 Å². The van der Waals surface area contributed by atoms with E-state index in [9.17, 15) is 0 Å². The van der Waals surface area contributed by atoms with E-state index < -0.39 is 0 Å². The standard InChI is InChI=1S/C15H22N2S2/c1-10-5-3-8-13(15(16)18)14(10)17-11-6-4-7-12(9-11)19-2/h3,5,8,11-12,17H,4,6-7,9H2,1-2H3,(H2,16,18). The number of hydrogen-bond acceptors (Lipinski definition) is 3. The predicted octanol–water partition coefficient (Wildman–Crippen LogP) is 3.72. The average molecular weight is 294 g/mol. The molecule has 0 saturated heterocycles. The van der Waals surface area contributed by atoms with E-state index in [1.807, 2.05) is 23.9 Å². The lowest BCUT2D eigenvalue weighted by molar-refractivity contribution is 0.473. The van der Waals surface area contributed by atoms with Gasteiger partial charge in [0, 0.05) is 22.5 Å². The van der Waals surface area contributed by atoms with Gasteiger partial charge < -0.3 is 11.1 Å². The lowest BCUT2D eigenvalue weighted by Gasteiger charge is -2.30.